The zero-order valence-corrected chi connectivity index (χ0v) is 32.4. The van der Waals surface area contributed by atoms with Crippen LogP contribution in [0.4, 0.5) is 5.69 Å². The fourth-order valence-corrected chi connectivity index (χ4v) is 6.33. The summed E-state index contributed by atoms with van der Waals surface area (Å²) >= 11 is 3.54. The van der Waals surface area contributed by atoms with Gasteiger partial charge in [-0.05, 0) is 55.3 Å². The van der Waals surface area contributed by atoms with E-state index in [9.17, 15) is 19.2 Å². The van der Waals surface area contributed by atoms with E-state index >= 15 is 0 Å². The van der Waals surface area contributed by atoms with Gasteiger partial charge in [-0.15, -0.1) is 0 Å². The van der Waals surface area contributed by atoms with Crippen molar-refractivity contribution in [2.24, 2.45) is 4.99 Å². The lowest BCUT2D eigenvalue weighted by Gasteiger charge is -2.24. The normalized spacial score (nSPS) is 14.5. The number of carbonyl (C=O) groups excluding carboxylic acids is 4. The van der Waals surface area contributed by atoms with Crippen LogP contribution in [0, 0.1) is 0 Å². The number of hydrogen-bond acceptors (Lipinski definition) is 11. The fourth-order valence-electron chi connectivity index (χ4n) is 5.79. The first-order valence-corrected chi connectivity index (χ1v) is 19.5. The third-order valence-corrected chi connectivity index (χ3v) is 9.63. The Kier molecular flexibility index (Phi) is 18.9. The molecule has 1 N–H and O–H groups in total. The Balaban J connectivity index is 1.28. The van der Waals surface area contributed by atoms with Crippen LogP contribution in [-0.2, 0) is 33.4 Å². The van der Waals surface area contributed by atoms with Gasteiger partial charge in [-0.3, -0.25) is 29.4 Å². The lowest BCUT2D eigenvalue weighted by Crippen LogP contribution is -2.45. The molecule has 0 aliphatic carbocycles. The summed E-state index contributed by atoms with van der Waals surface area (Å²) in [5.41, 5.74) is 1.99. The number of hydrogen-bond donors (Lipinski definition) is 1. The smallest absolute Gasteiger partial charge is 0.347 e. The van der Waals surface area contributed by atoms with E-state index in [1.165, 1.54) is 96.3 Å². The highest BCUT2D eigenvalue weighted by Crippen LogP contribution is 2.29. The second-order valence-electron chi connectivity index (χ2n) is 13.2. The molecular weight excluding hydrogens is 718 g/mol. The number of nitrogens with one attached hydrogen (secondary N) is 1. The van der Waals surface area contributed by atoms with Gasteiger partial charge in [0.05, 0.1) is 22.2 Å². The number of amides is 1. The molecule has 0 fully saturated rings. The van der Waals surface area contributed by atoms with Crippen molar-refractivity contribution in [2.45, 2.75) is 149 Å². The van der Waals surface area contributed by atoms with Crippen LogP contribution in [-0.4, -0.2) is 76.0 Å². The lowest BCUT2D eigenvalue weighted by molar-refractivity contribution is -0.179. The number of rotatable bonds is 23. The van der Waals surface area contributed by atoms with Gasteiger partial charge >= 0.3 is 17.9 Å². The summed E-state index contributed by atoms with van der Waals surface area (Å²) in [6.45, 7) is 7.09. The average Bonchev–Trinajstić information content (AvgIpc) is 3.58. The fraction of sp³-hybridized carbons (Fsp3) is 0.658. The number of ether oxygens (including phenoxy) is 3. The van der Waals surface area contributed by atoms with Gasteiger partial charge in [0.2, 0.25) is 5.96 Å². The van der Waals surface area contributed by atoms with Gasteiger partial charge in [-0.25, -0.2) is 9.59 Å². The lowest BCUT2D eigenvalue weighted by atomic mass is 10.0. The van der Waals surface area contributed by atoms with Crippen molar-refractivity contribution in [3.8, 4) is 0 Å². The highest BCUT2D eigenvalue weighted by Gasteiger charge is 2.33. The summed E-state index contributed by atoms with van der Waals surface area (Å²) in [7, 11) is 0. The molecule has 2 aromatic rings. The first kappa shape index (κ1) is 41.8. The number of halogens is 1. The number of anilines is 1. The maximum absolute atomic E-state index is 13.2. The van der Waals surface area contributed by atoms with Crippen LogP contribution in [0.1, 0.15) is 130 Å². The van der Waals surface area contributed by atoms with E-state index < -0.39 is 42.1 Å². The number of fused-ring (bicyclic) bond motifs is 1. The van der Waals surface area contributed by atoms with Gasteiger partial charge in [0, 0.05) is 25.4 Å². The highest BCUT2D eigenvalue weighted by atomic mass is 79.9. The van der Waals surface area contributed by atoms with Gasteiger partial charge in [0.25, 0.3) is 5.91 Å². The summed E-state index contributed by atoms with van der Waals surface area (Å²) in [6, 6.07) is 3.59. The van der Waals surface area contributed by atoms with Crippen LogP contribution in [0.15, 0.2) is 34.0 Å². The molecule has 0 bridgehead atoms. The van der Waals surface area contributed by atoms with Crippen LogP contribution >= 0.6 is 15.9 Å². The van der Waals surface area contributed by atoms with Crippen molar-refractivity contribution in [3.63, 3.8) is 0 Å². The van der Waals surface area contributed by atoms with Gasteiger partial charge < -0.3 is 19.5 Å². The van der Waals surface area contributed by atoms with E-state index in [1.807, 2.05) is 0 Å². The summed E-state index contributed by atoms with van der Waals surface area (Å²) in [5, 5.41) is 3.14. The van der Waals surface area contributed by atoms with E-state index in [1.54, 1.807) is 24.5 Å². The predicted octanol–water partition coefficient (Wildman–Crippen LogP) is 8.06. The summed E-state index contributed by atoms with van der Waals surface area (Å²) in [4.78, 5) is 65.2. The van der Waals surface area contributed by atoms with Gasteiger partial charge in [0.1, 0.15) is 5.52 Å². The van der Waals surface area contributed by atoms with E-state index in [4.69, 9.17) is 14.2 Å². The van der Waals surface area contributed by atoms with Crippen molar-refractivity contribution in [3.05, 3.63) is 29.0 Å². The number of aliphatic imine (C=N–C) groups is 1. The second kappa shape index (κ2) is 23.1. The molecule has 1 aliphatic rings. The summed E-state index contributed by atoms with van der Waals surface area (Å²) in [6.07, 6.45) is 18.2. The van der Waals surface area contributed by atoms with Crippen molar-refractivity contribution >= 4 is 62.4 Å². The Bertz CT molecular complexity index is 1450. The third-order valence-electron chi connectivity index (χ3n) is 8.82. The molecule has 0 spiro atoms. The quantitative estimate of drug-likeness (QED) is 0.0668. The molecule has 282 valence electrons. The van der Waals surface area contributed by atoms with E-state index in [0.29, 0.717) is 46.7 Å². The van der Waals surface area contributed by atoms with Crippen LogP contribution in [0.3, 0.4) is 0 Å². The minimum Gasteiger partial charge on any atom is -0.451 e. The molecule has 0 unspecified atom stereocenters. The highest BCUT2D eigenvalue weighted by molar-refractivity contribution is 9.10. The van der Waals surface area contributed by atoms with Crippen molar-refractivity contribution in [2.75, 3.05) is 18.4 Å². The standard InChI is InChI=1S/C38H56BrN5O7/c1-5-6-7-8-9-10-11-12-13-14-15-16-17-18-19-20-32(45)49-28(3)36(47)51-29(4)37(48)50-27(2)35(46)44-26-25-42-38(44)43-30-21-22-31-34(33(30)39)41-24-23-40-31/h21-24,27-29H,5-20,25-26H2,1-4H3,(H,42,43)/t27-,28-,29-/m1/s1. The molecule has 51 heavy (non-hydrogen) atoms. The minimum absolute atomic E-state index is 0.218. The maximum Gasteiger partial charge on any atom is 0.347 e. The number of nitrogens with zero attached hydrogens (tertiary/aromatic N) is 4. The number of benzene rings is 1. The molecule has 12 nitrogen and oxygen atoms in total. The van der Waals surface area contributed by atoms with Crippen LogP contribution < -0.4 is 5.32 Å². The monoisotopic (exact) mass is 773 g/mol. The number of aromatic nitrogens is 2. The molecule has 3 rings (SSSR count). The minimum atomic E-state index is -1.32. The van der Waals surface area contributed by atoms with Crippen LogP contribution in [0.5, 0.6) is 0 Å². The maximum atomic E-state index is 13.2. The summed E-state index contributed by atoms with van der Waals surface area (Å²) in [5.74, 6) is -2.45. The van der Waals surface area contributed by atoms with E-state index in [2.05, 4.69) is 43.1 Å². The van der Waals surface area contributed by atoms with Gasteiger partial charge in [-0.2, -0.15) is 0 Å². The Morgan fingerprint density at radius 3 is 1.88 bits per heavy atom. The number of carbonyl (C=O) groups is 4. The average molecular weight is 775 g/mol. The molecule has 1 aromatic heterocycles. The molecule has 1 aliphatic heterocycles. The number of guanidine groups is 1. The largest absolute Gasteiger partial charge is 0.451 e. The van der Waals surface area contributed by atoms with Crippen molar-refractivity contribution < 1.29 is 33.4 Å². The van der Waals surface area contributed by atoms with Crippen molar-refractivity contribution in [1.29, 1.82) is 0 Å². The van der Waals surface area contributed by atoms with E-state index in [-0.39, 0.29) is 6.42 Å². The SMILES string of the molecule is CCCCCCCCCCCCCCCCCC(=O)O[C@H](C)C(=O)O[C@H](C)C(=O)O[C@H](C)C(=O)N1CCN=C1Nc1ccc2nccnc2c1Br. The molecule has 1 amide bonds. The molecule has 13 heteroatoms. The number of unbranched alkanes of at least 4 members (excludes halogenated alkanes) is 14. The Morgan fingerprint density at radius 2 is 1.27 bits per heavy atom. The Hall–Kier alpha value is -3.61. The molecule has 0 saturated heterocycles. The van der Waals surface area contributed by atoms with Crippen LogP contribution in [0.2, 0.25) is 0 Å². The van der Waals surface area contributed by atoms with Crippen molar-refractivity contribution in [1.82, 2.24) is 14.9 Å². The van der Waals surface area contributed by atoms with Crippen LogP contribution in [0.25, 0.3) is 11.0 Å². The third kappa shape index (κ3) is 14.5. The molecule has 0 saturated carbocycles. The summed E-state index contributed by atoms with van der Waals surface area (Å²) < 4.78 is 16.4. The Labute approximate surface area is 311 Å². The Morgan fingerprint density at radius 1 is 0.745 bits per heavy atom. The zero-order valence-electron chi connectivity index (χ0n) is 30.8. The number of esters is 3. The van der Waals surface area contributed by atoms with Gasteiger partial charge in [-0.1, -0.05) is 96.8 Å². The first-order chi connectivity index (χ1) is 24.6. The first-order valence-electron chi connectivity index (χ1n) is 18.7. The topological polar surface area (TPSA) is 149 Å². The molecule has 0 radical (unpaired) electrons. The molecule has 3 atom stereocenters. The molecule has 1 aromatic carbocycles. The molecule has 2 heterocycles. The zero-order chi connectivity index (χ0) is 37.0. The van der Waals surface area contributed by atoms with E-state index in [0.717, 1.165) is 19.3 Å². The predicted molar refractivity (Wildman–Crippen MR) is 201 cm³/mol. The molecular formula is C38H56BrN5O7. The van der Waals surface area contributed by atoms with Gasteiger partial charge in [0.15, 0.2) is 18.3 Å². The second-order valence-corrected chi connectivity index (χ2v) is 14.0.